The zero-order chi connectivity index (χ0) is 22.2. The SMILES string of the molecule is COc1ccc(-c2nc(-c3cccs3)[nH]c2-c2ccc(-n3cnc4ccccc43)cc2)cc1. The van der Waals surface area contributed by atoms with Crippen molar-refractivity contribution in [3.8, 4) is 44.7 Å². The first-order valence-electron chi connectivity index (χ1n) is 10.6. The number of ether oxygens (including phenoxy) is 1. The van der Waals surface area contributed by atoms with Crippen LogP contribution in [-0.4, -0.2) is 26.6 Å². The smallest absolute Gasteiger partial charge is 0.148 e. The Bertz CT molecular complexity index is 1530. The lowest BCUT2D eigenvalue weighted by Crippen LogP contribution is -1.92. The van der Waals surface area contributed by atoms with E-state index in [1.54, 1.807) is 18.4 Å². The van der Waals surface area contributed by atoms with Crippen LogP contribution in [0.1, 0.15) is 0 Å². The summed E-state index contributed by atoms with van der Waals surface area (Å²) in [5.41, 5.74) is 7.16. The van der Waals surface area contributed by atoms with Crippen LogP contribution in [0, 0.1) is 0 Å². The zero-order valence-electron chi connectivity index (χ0n) is 17.9. The van der Waals surface area contributed by atoms with E-state index in [1.807, 2.05) is 54.9 Å². The molecule has 3 aromatic carbocycles. The fourth-order valence-electron chi connectivity index (χ4n) is 4.02. The van der Waals surface area contributed by atoms with Crippen molar-refractivity contribution in [1.82, 2.24) is 19.5 Å². The molecule has 1 N–H and O–H groups in total. The van der Waals surface area contributed by atoms with Crippen molar-refractivity contribution in [1.29, 1.82) is 0 Å². The molecule has 0 aliphatic carbocycles. The molecule has 3 aromatic heterocycles. The lowest BCUT2D eigenvalue weighted by molar-refractivity contribution is 0.415. The summed E-state index contributed by atoms with van der Waals surface area (Å²) in [6.07, 6.45) is 1.87. The average molecular weight is 449 g/mol. The molecule has 0 aliphatic rings. The summed E-state index contributed by atoms with van der Waals surface area (Å²) in [5.74, 6) is 1.70. The van der Waals surface area contributed by atoms with E-state index in [0.717, 1.165) is 55.7 Å². The van der Waals surface area contributed by atoms with Crippen LogP contribution in [0.2, 0.25) is 0 Å². The number of thiophene rings is 1. The van der Waals surface area contributed by atoms with Gasteiger partial charge in [-0.1, -0.05) is 30.3 Å². The highest BCUT2D eigenvalue weighted by Crippen LogP contribution is 2.35. The van der Waals surface area contributed by atoms with E-state index in [9.17, 15) is 0 Å². The van der Waals surface area contributed by atoms with Gasteiger partial charge in [0.25, 0.3) is 0 Å². The minimum Gasteiger partial charge on any atom is -0.497 e. The second-order valence-corrected chi connectivity index (χ2v) is 8.61. The standard InChI is InChI=1S/C27H20N4OS/c1-32-21-14-10-19(11-15-21)26-25(29-27(30-26)24-7-4-16-33-24)18-8-12-20(13-9-18)31-17-28-22-5-2-3-6-23(22)31/h2-17H,1H3,(H,29,30). The Morgan fingerprint density at radius 2 is 1.64 bits per heavy atom. The maximum atomic E-state index is 5.33. The summed E-state index contributed by atoms with van der Waals surface area (Å²) >= 11 is 1.67. The van der Waals surface area contributed by atoms with Gasteiger partial charge in [0.2, 0.25) is 0 Å². The molecule has 3 heterocycles. The van der Waals surface area contributed by atoms with Gasteiger partial charge in [-0.05, 0) is 60.0 Å². The highest BCUT2D eigenvalue weighted by atomic mass is 32.1. The minimum atomic E-state index is 0.825. The summed E-state index contributed by atoms with van der Waals surface area (Å²) in [4.78, 5) is 14.1. The predicted octanol–water partition coefficient (Wildman–Crippen LogP) is 6.82. The summed E-state index contributed by atoms with van der Waals surface area (Å²) in [6.45, 7) is 0. The zero-order valence-corrected chi connectivity index (χ0v) is 18.7. The molecule has 6 rings (SSSR count). The Hall–Kier alpha value is -4.16. The van der Waals surface area contributed by atoms with E-state index >= 15 is 0 Å². The van der Waals surface area contributed by atoms with E-state index in [1.165, 1.54) is 0 Å². The van der Waals surface area contributed by atoms with E-state index in [0.29, 0.717) is 0 Å². The number of nitrogens with zero attached hydrogens (tertiary/aromatic N) is 3. The number of fused-ring (bicyclic) bond motifs is 1. The number of H-pyrrole nitrogens is 1. The molecule has 0 radical (unpaired) electrons. The Balaban J connectivity index is 1.44. The number of aromatic amines is 1. The van der Waals surface area contributed by atoms with Crippen molar-refractivity contribution in [2.75, 3.05) is 7.11 Å². The molecule has 0 unspecified atom stereocenters. The Kier molecular flexibility index (Phi) is 4.78. The van der Waals surface area contributed by atoms with Gasteiger partial charge in [-0.15, -0.1) is 11.3 Å². The Labute approximate surface area is 195 Å². The average Bonchev–Trinajstić information content (AvgIpc) is 3.64. The van der Waals surface area contributed by atoms with E-state index in [2.05, 4.69) is 56.3 Å². The lowest BCUT2D eigenvalue weighted by atomic mass is 10.0. The van der Waals surface area contributed by atoms with Gasteiger partial charge in [-0.25, -0.2) is 9.97 Å². The number of para-hydroxylation sites is 2. The molecule has 0 atom stereocenters. The highest BCUT2D eigenvalue weighted by molar-refractivity contribution is 7.13. The maximum absolute atomic E-state index is 5.33. The molecule has 6 heteroatoms. The van der Waals surface area contributed by atoms with Crippen LogP contribution in [0.5, 0.6) is 5.75 Å². The number of methoxy groups -OCH3 is 1. The van der Waals surface area contributed by atoms with E-state index < -0.39 is 0 Å². The van der Waals surface area contributed by atoms with Crippen molar-refractivity contribution in [2.45, 2.75) is 0 Å². The number of hydrogen-bond acceptors (Lipinski definition) is 4. The molecule has 5 nitrogen and oxygen atoms in total. The third-order valence-electron chi connectivity index (χ3n) is 5.71. The number of aromatic nitrogens is 4. The molecular formula is C27H20N4OS. The topological polar surface area (TPSA) is 55.7 Å². The van der Waals surface area contributed by atoms with Crippen LogP contribution >= 0.6 is 11.3 Å². The second kappa shape index (κ2) is 8.07. The van der Waals surface area contributed by atoms with Gasteiger partial charge >= 0.3 is 0 Å². The molecule has 160 valence electrons. The van der Waals surface area contributed by atoms with Gasteiger partial charge in [-0.3, -0.25) is 4.57 Å². The number of rotatable bonds is 5. The van der Waals surface area contributed by atoms with Gasteiger partial charge in [0.05, 0.1) is 34.4 Å². The summed E-state index contributed by atoms with van der Waals surface area (Å²) < 4.78 is 7.43. The third kappa shape index (κ3) is 3.50. The molecule has 0 aliphatic heterocycles. The highest BCUT2D eigenvalue weighted by Gasteiger charge is 2.16. The normalized spacial score (nSPS) is 11.2. The predicted molar refractivity (Wildman–Crippen MR) is 134 cm³/mol. The number of hydrogen-bond donors (Lipinski definition) is 1. The van der Waals surface area contributed by atoms with E-state index in [4.69, 9.17) is 9.72 Å². The van der Waals surface area contributed by atoms with Crippen molar-refractivity contribution in [3.05, 3.63) is 96.6 Å². The molecule has 0 saturated carbocycles. The molecule has 0 spiro atoms. The molecular weight excluding hydrogens is 428 g/mol. The van der Waals surface area contributed by atoms with Gasteiger partial charge in [-0.2, -0.15) is 0 Å². The van der Waals surface area contributed by atoms with Gasteiger partial charge in [0.1, 0.15) is 17.9 Å². The Morgan fingerprint density at radius 3 is 2.39 bits per heavy atom. The summed E-state index contributed by atoms with van der Waals surface area (Å²) in [6, 6.07) is 28.8. The van der Waals surface area contributed by atoms with Gasteiger partial charge < -0.3 is 9.72 Å². The number of nitrogens with one attached hydrogen (secondary N) is 1. The monoisotopic (exact) mass is 448 g/mol. The maximum Gasteiger partial charge on any atom is 0.148 e. The van der Waals surface area contributed by atoms with Gasteiger partial charge in [0, 0.05) is 16.8 Å². The fraction of sp³-hybridized carbons (Fsp3) is 0.0370. The van der Waals surface area contributed by atoms with Crippen LogP contribution < -0.4 is 4.74 Å². The van der Waals surface area contributed by atoms with E-state index in [-0.39, 0.29) is 0 Å². The first-order chi connectivity index (χ1) is 16.3. The van der Waals surface area contributed by atoms with Crippen LogP contribution in [0.4, 0.5) is 0 Å². The fourth-order valence-corrected chi connectivity index (χ4v) is 4.69. The first-order valence-corrected chi connectivity index (χ1v) is 11.5. The second-order valence-electron chi connectivity index (χ2n) is 7.66. The summed E-state index contributed by atoms with van der Waals surface area (Å²) in [7, 11) is 1.68. The van der Waals surface area contributed by atoms with Crippen LogP contribution in [0.25, 0.3) is 49.9 Å². The molecule has 6 aromatic rings. The molecule has 0 saturated heterocycles. The third-order valence-corrected chi connectivity index (χ3v) is 6.59. The molecule has 0 bridgehead atoms. The number of imidazole rings is 2. The van der Waals surface area contributed by atoms with Crippen molar-refractivity contribution in [3.63, 3.8) is 0 Å². The minimum absolute atomic E-state index is 0.825. The quantitative estimate of drug-likeness (QED) is 0.315. The molecule has 0 amide bonds. The van der Waals surface area contributed by atoms with Gasteiger partial charge in [0.15, 0.2) is 0 Å². The first kappa shape index (κ1) is 19.5. The van der Waals surface area contributed by atoms with Crippen LogP contribution in [0.3, 0.4) is 0 Å². The summed E-state index contributed by atoms with van der Waals surface area (Å²) in [5, 5.41) is 2.06. The van der Waals surface area contributed by atoms with Crippen molar-refractivity contribution in [2.24, 2.45) is 0 Å². The molecule has 33 heavy (non-hydrogen) atoms. The molecule has 0 fully saturated rings. The van der Waals surface area contributed by atoms with Crippen LogP contribution in [-0.2, 0) is 0 Å². The lowest BCUT2D eigenvalue weighted by Gasteiger charge is -2.08. The Morgan fingerprint density at radius 1 is 0.848 bits per heavy atom. The largest absolute Gasteiger partial charge is 0.497 e. The number of benzene rings is 3. The van der Waals surface area contributed by atoms with Crippen molar-refractivity contribution < 1.29 is 4.74 Å². The van der Waals surface area contributed by atoms with Crippen LogP contribution in [0.15, 0.2) is 96.6 Å². The van der Waals surface area contributed by atoms with Crippen molar-refractivity contribution >= 4 is 22.4 Å².